The third-order valence-corrected chi connectivity index (χ3v) is 18.0. The Morgan fingerprint density at radius 2 is 0.923 bits per heavy atom. The van der Waals surface area contributed by atoms with Gasteiger partial charge in [-0.05, 0) is 179 Å². The van der Waals surface area contributed by atoms with Crippen LogP contribution in [-0.2, 0) is 37.9 Å². The Morgan fingerprint density at radius 1 is 0.462 bits per heavy atom. The van der Waals surface area contributed by atoms with Crippen LogP contribution in [0.4, 0.5) is 33.4 Å². The normalized spacial score (nSPS) is 19.1. The molecule has 5 aromatic carbocycles. The minimum atomic E-state index is -0.0877. The van der Waals surface area contributed by atoms with Crippen LogP contribution in [0.25, 0.3) is 10.1 Å². The predicted octanol–water partition coefficient (Wildman–Crippen LogP) is 15.9. The van der Waals surface area contributed by atoms with Gasteiger partial charge in [0, 0.05) is 33.1 Å². The van der Waals surface area contributed by atoms with E-state index < -0.39 is 0 Å². The molecule has 4 aliphatic rings. The lowest BCUT2D eigenvalue weighted by Crippen LogP contribution is -2.61. The summed E-state index contributed by atoms with van der Waals surface area (Å²) in [6.07, 6.45) is 4.76. The van der Waals surface area contributed by atoms with Gasteiger partial charge in [-0.1, -0.05) is 154 Å². The number of hydrogen-bond donors (Lipinski definition) is 0. The Kier molecular flexibility index (Phi) is 9.53. The molecule has 0 saturated heterocycles. The number of nitrogens with zero attached hydrogens (tertiary/aromatic N) is 2. The summed E-state index contributed by atoms with van der Waals surface area (Å²) in [6.45, 7) is 43.7. The maximum Gasteiger partial charge on any atom is 0.254 e. The van der Waals surface area contributed by atoms with Crippen LogP contribution >= 0.6 is 11.3 Å². The summed E-state index contributed by atoms with van der Waals surface area (Å²) in [5.41, 5.74) is 22.8. The number of benzene rings is 5. The standard InChI is InChI=1S/C61H75BN2S/c1-36-29-42-44(60(15,16)27-25-58(42,11)12)34-47(36)64-48-35-45-43(59(13,14)26-28-61(45,17)18)33-46(48)62-52-41-30-38(56(5,6)7)21-24-51(41)65-54(52)63(40-22-19-37(20-23-40)55(2,3)4)49-31-39(57(8,9)10)32-50(64)53(49)62/h19-24,29-35H,25-28H2,1-18H3. The van der Waals surface area contributed by atoms with Gasteiger partial charge in [0.05, 0.1) is 5.00 Å². The lowest BCUT2D eigenvalue weighted by molar-refractivity contribution is 0.331. The summed E-state index contributed by atoms with van der Waals surface area (Å²) in [5, 5.41) is 2.76. The van der Waals surface area contributed by atoms with E-state index in [9.17, 15) is 0 Å². The molecule has 2 aliphatic heterocycles. The van der Waals surface area contributed by atoms with Gasteiger partial charge in [-0.15, -0.1) is 11.3 Å². The number of fused-ring (bicyclic) bond motifs is 8. The molecule has 3 heterocycles. The summed E-state index contributed by atoms with van der Waals surface area (Å²) in [6, 6.07) is 32.8. The van der Waals surface area contributed by atoms with Crippen molar-refractivity contribution in [3.05, 3.63) is 123 Å². The van der Waals surface area contributed by atoms with Gasteiger partial charge in [-0.3, -0.25) is 0 Å². The zero-order valence-corrected chi connectivity index (χ0v) is 44.0. The molecule has 0 fully saturated rings. The van der Waals surface area contributed by atoms with Gasteiger partial charge in [0.25, 0.3) is 6.71 Å². The SMILES string of the molecule is Cc1cc2c(cc1N1c3cc4c(cc3B3c5c1cc(C(C)(C)C)cc5N(c1ccc(C(C)(C)C)cc1)c1sc5ccc(C(C)(C)C)cc5c13)C(C)(C)CCC4(C)C)C(C)(C)CCC2(C)C. The monoisotopic (exact) mass is 879 g/mol. The van der Waals surface area contributed by atoms with E-state index in [1.807, 2.05) is 11.3 Å². The second-order valence-electron chi connectivity index (χ2n) is 26.5. The molecule has 10 rings (SSSR count). The lowest BCUT2D eigenvalue weighted by atomic mass is 9.33. The molecule has 0 radical (unpaired) electrons. The van der Waals surface area contributed by atoms with Crippen molar-refractivity contribution in [1.29, 1.82) is 0 Å². The summed E-state index contributed by atoms with van der Waals surface area (Å²) in [4.78, 5) is 5.44. The second kappa shape index (κ2) is 13.9. The van der Waals surface area contributed by atoms with E-state index in [4.69, 9.17) is 0 Å². The van der Waals surface area contributed by atoms with Crippen molar-refractivity contribution in [1.82, 2.24) is 0 Å². The van der Waals surface area contributed by atoms with Crippen LogP contribution < -0.4 is 26.2 Å². The van der Waals surface area contributed by atoms with E-state index in [0.29, 0.717) is 0 Å². The quantitative estimate of drug-likeness (QED) is 0.160. The first-order valence-corrected chi connectivity index (χ1v) is 25.6. The van der Waals surface area contributed by atoms with Crippen molar-refractivity contribution in [2.45, 2.75) is 188 Å². The van der Waals surface area contributed by atoms with Crippen molar-refractivity contribution in [2.75, 3.05) is 9.80 Å². The molecule has 2 aliphatic carbocycles. The van der Waals surface area contributed by atoms with Crippen molar-refractivity contribution in [3.8, 4) is 0 Å². The molecule has 2 nitrogen and oxygen atoms in total. The molecule has 0 atom stereocenters. The first kappa shape index (κ1) is 44.6. The summed E-state index contributed by atoms with van der Waals surface area (Å²) in [7, 11) is 0. The first-order chi connectivity index (χ1) is 30.0. The zero-order chi connectivity index (χ0) is 46.9. The van der Waals surface area contributed by atoms with Crippen LogP contribution in [0.5, 0.6) is 0 Å². The van der Waals surface area contributed by atoms with Gasteiger partial charge >= 0.3 is 0 Å². The average Bonchev–Trinajstić information content (AvgIpc) is 3.58. The van der Waals surface area contributed by atoms with E-state index in [2.05, 4.69) is 213 Å². The molecule has 0 spiro atoms. The number of aryl methyl sites for hydroxylation is 1. The summed E-state index contributed by atoms with van der Waals surface area (Å²) >= 11 is 1.99. The summed E-state index contributed by atoms with van der Waals surface area (Å²) < 4.78 is 1.36. The maximum atomic E-state index is 2.77. The molecule has 6 aromatic rings. The maximum absolute atomic E-state index is 2.77. The third-order valence-electron chi connectivity index (χ3n) is 16.8. The van der Waals surface area contributed by atoms with Crippen LogP contribution in [0.3, 0.4) is 0 Å². The van der Waals surface area contributed by atoms with Crippen molar-refractivity contribution < 1.29 is 0 Å². The molecule has 0 unspecified atom stereocenters. The molecule has 0 N–H and O–H groups in total. The van der Waals surface area contributed by atoms with Crippen LogP contribution in [0.2, 0.25) is 0 Å². The highest BCUT2D eigenvalue weighted by atomic mass is 32.1. The molecule has 0 amide bonds. The van der Waals surface area contributed by atoms with Gasteiger partial charge in [0.15, 0.2) is 0 Å². The molecule has 65 heavy (non-hydrogen) atoms. The average molecular weight is 879 g/mol. The first-order valence-electron chi connectivity index (χ1n) is 24.8. The molecule has 4 heteroatoms. The van der Waals surface area contributed by atoms with Crippen LogP contribution in [0.1, 0.15) is 188 Å². The van der Waals surface area contributed by atoms with Gasteiger partial charge in [-0.2, -0.15) is 0 Å². The van der Waals surface area contributed by atoms with E-state index in [1.54, 1.807) is 0 Å². The minimum absolute atomic E-state index is 0.0209. The van der Waals surface area contributed by atoms with E-state index in [1.165, 1.54) is 130 Å². The highest BCUT2D eigenvalue weighted by Gasteiger charge is 2.49. The molecular weight excluding hydrogens is 804 g/mol. The van der Waals surface area contributed by atoms with Gasteiger partial charge in [-0.25, -0.2) is 0 Å². The molecule has 338 valence electrons. The van der Waals surface area contributed by atoms with Crippen LogP contribution in [0, 0.1) is 6.92 Å². The van der Waals surface area contributed by atoms with E-state index in [-0.39, 0.29) is 44.6 Å². The van der Waals surface area contributed by atoms with Crippen molar-refractivity contribution in [3.63, 3.8) is 0 Å². The molecule has 0 saturated carbocycles. The fourth-order valence-electron chi connectivity index (χ4n) is 12.1. The van der Waals surface area contributed by atoms with Crippen molar-refractivity contribution >= 4 is 78.0 Å². The predicted molar refractivity (Wildman–Crippen MR) is 287 cm³/mol. The Morgan fingerprint density at radius 3 is 1.45 bits per heavy atom. The number of rotatable bonds is 2. The highest BCUT2D eigenvalue weighted by Crippen LogP contribution is 2.55. The Labute approximate surface area is 397 Å². The largest absolute Gasteiger partial charge is 0.311 e. The van der Waals surface area contributed by atoms with Crippen LogP contribution in [-0.4, -0.2) is 6.71 Å². The lowest BCUT2D eigenvalue weighted by Gasteiger charge is -2.48. The van der Waals surface area contributed by atoms with Gasteiger partial charge < -0.3 is 9.80 Å². The highest BCUT2D eigenvalue weighted by molar-refractivity contribution is 7.26. The topological polar surface area (TPSA) is 6.48 Å². The Hall–Kier alpha value is -4.28. The molecule has 0 bridgehead atoms. The smallest absolute Gasteiger partial charge is 0.254 e. The summed E-state index contributed by atoms with van der Waals surface area (Å²) in [5.74, 6) is 0. The fraction of sp³-hybridized carbons (Fsp3) is 0.475. The van der Waals surface area contributed by atoms with E-state index in [0.717, 1.165) is 0 Å². The van der Waals surface area contributed by atoms with Gasteiger partial charge in [0.2, 0.25) is 0 Å². The van der Waals surface area contributed by atoms with E-state index >= 15 is 0 Å². The minimum Gasteiger partial charge on any atom is -0.311 e. The zero-order valence-electron chi connectivity index (χ0n) is 43.2. The molecular formula is C61H75BN2S. The van der Waals surface area contributed by atoms with Crippen molar-refractivity contribution in [2.24, 2.45) is 0 Å². The number of anilines is 6. The Balaban J connectivity index is 1.39. The third kappa shape index (κ3) is 6.83. The van der Waals surface area contributed by atoms with Gasteiger partial charge in [0.1, 0.15) is 0 Å². The second-order valence-corrected chi connectivity index (χ2v) is 27.6. The fourth-order valence-corrected chi connectivity index (χ4v) is 13.3. The number of thiophene rings is 1. The molecule has 1 aromatic heterocycles. The Bertz CT molecular complexity index is 2950. The number of hydrogen-bond acceptors (Lipinski definition) is 3. The van der Waals surface area contributed by atoms with Crippen LogP contribution in [0.15, 0.2) is 78.9 Å².